The first-order chi connectivity index (χ1) is 15.1. The van der Waals surface area contributed by atoms with E-state index in [0.717, 1.165) is 24.8 Å². The zero-order chi connectivity index (χ0) is 23.3. The van der Waals surface area contributed by atoms with E-state index in [0.29, 0.717) is 12.5 Å². The molecule has 0 spiro atoms. The average Bonchev–Trinajstić information content (AvgIpc) is 2.70. The third kappa shape index (κ3) is 3.96. The van der Waals surface area contributed by atoms with E-state index >= 15 is 0 Å². The summed E-state index contributed by atoms with van der Waals surface area (Å²) >= 11 is 0. The van der Waals surface area contributed by atoms with Gasteiger partial charge in [-0.15, -0.1) is 0 Å². The molecule has 0 aromatic heterocycles. The van der Waals surface area contributed by atoms with Gasteiger partial charge < -0.3 is 24.8 Å². The van der Waals surface area contributed by atoms with Crippen molar-refractivity contribution in [1.29, 1.82) is 0 Å². The van der Waals surface area contributed by atoms with Crippen LogP contribution >= 0.6 is 0 Å². The number of benzene rings is 1. The third-order valence-corrected chi connectivity index (χ3v) is 7.94. The van der Waals surface area contributed by atoms with E-state index in [4.69, 9.17) is 9.47 Å². The zero-order valence-electron chi connectivity index (χ0n) is 19.4. The lowest BCUT2D eigenvalue weighted by atomic mass is 9.52. The normalized spacial score (nSPS) is 35.7. The van der Waals surface area contributed by atoms with Crippen molar-refractivity contribution < 1.29 is 27.8 Å². The number of nitrogens with one attached hydrogen (secondary N) is 2. The van der Waals surface area contributed by atoms with E-state index in [1.807, 2.05) is 0 Å². The molecule has 6 nitrogen and oxygen atoms in total. The van der Waals surface area contributed by atoms with Gasteiger partial charge in [-0.1, -0.05) is 6.07 Å². The minimum atomic E-state index is -2.93. The highest BCUT2D eigenvalue weighted by Crippen LogP contribution is 2.57. The summed E-state index contributed by atoms with van der Waals surface area (Å²) in [5.74, 6) is 0.966. The zero-order valence-corrected chi connectivity index (χ0v) is 19.4. The Balaban J connectivity index is 1.75. The number of carbonyl (C=O) groups excluding carboxylic acids is 1. The van der Waals surface area contributed by atoms with Crippen molar-refractivity contribution in [1.82, 2.24) is 10.6 Å². The van der Waals surface area contributed by atoms with Gasteiger partial charge in [-0.25, -0.2) is 0 Å². The minimum Gasteiger partial charge on any atom is -0.493 e. The Morgan fingerprint density at radius 2 is 1.97 bits per heavy atom. The van der Waals surface area contributed by atoms with Crippen LogP contribution in [0.4, 0.5) is 8.78 Å². The molecule has 4 rings (SSSR count). The van der Waals surface area contributed by atoms with E-state index < -0.39 is 6.61 Å². The van der Waals surface area contributed by atoms with E-state index in [1.165, 1.54) is 13.2 Å². The smallest absolute Gasteiger partial charge is 0.387 e. The van der Waals surface area contributed by atoms with Gasteiger partial charge in [0.05, 0.1) is 18.8 Å². The molecule has 2 heterocycles. The van der Waals surface area contributed by atoms with E-state index in [9.17, 15) is 13.6 Å². The number of halogens is 2. The summed E-state index contributed by atoms with van der Waals surface area (Å²) in [5.41, 5.74) is 0.438. The number of methoxy groups -OCH3 is 1. The number of rotatable bonds is 5. The van der Waals surface area contributed by atoms with Gasteiger partial charge >= 0.3 is 6.61 Å². The average molecular weight is 453 g/mol. The second kappa shape index (κ2) is 8.45. The first-order valence-electron chi connectivity index (χ1n) is 11.4. The van der Waals surface area contributed by atoms with Crippen molar-refractivity contribution in [2.75, 3.05) is 13.7 Å². The Morgan fingerprint density at radius 1 is 1.25 bits per heavy atom. The molecular weight excluding hydrogens is 418 g/mol. The molecule has 1 aromatic carbocycles. The fraction of sp³-hybridized carbons (Fsp3) is 0.708. The molecule has 2 bridgehead atoms. The van der Waals surface area contributed by atoms with Crippen LogP contribution in [0, 0.1) is 17.8 Å². The van der Waals surface area contributed by atoms with Gasteiger partial charge in [0.15, 0.2) is 11.5 Å². The van der Waals surface area contributed by atoms with Gasteiger partial charge in [-0.3, -0.25) is 4.79 Å². The Bertz CT molecular complexity index is 864. The highest BCUT2D eigenvalue weighted by Gasteiger charge is 2.61. The summed E-state index contributed by atoms with van der Waals surface area (Å²) in [4.78, 5) is 12.4. The molecule has 178 valence electrons. The monoisotopic (exact) mass is 452 g/mol. The highest BCUT2D eigenvalue weighted by atomic mass is 19.3. The van der Waals surface area contributed by atoms with Crippen LogP contribution in [-0.4, -0.2) is 43.4 Å². The number of hydrogen-bond donors (Lipinski definition) is 2. The molecule has 1 aromatic rings. The van der Waals surface area contributed by atoms with Gasteiger partial charge in [0, 0.05) is 31.0 Å². The summed E-state index contributed by atoms with van der Waals surface area (Å²) in [6.07, 6.45) is 2.42. The van der Waals surface area contributed by atoms with Crippen LogP contribution in [0.25, 0.3) is 0 Å². The van der Waals surface area contributed by atoms with Crippen molar-refractivity contribution in [3.05, 3.63) is 23.8 Å². The molecular formula is C24H34F2N2O4. The second-order valence-electron chi connectivity index (χ2n) is 10.1. The first kappa shape index (κ1) is 23.2. The van der Waals surface area contributed by atoms with Crippen molar-refractivity contribution >= 4 is 5.91 Å². The van der Waals surface area contributed by atoms with Crippen LogP contribution in [0.15, 0.2) is 18.2 Å². The van der Waals surface area contributed by atoms with E-state index in [1.54, 1.807) is 19.1 Å². The van der Waals surface area contributed by atoms with Crippen LogP contribution in [0.5, 0.6) is 11.5 Å². The van der Waals surface area contributed by atoms with Crippen LogP contribution in [0.1, 0.15) is 58.6 Å². The Kier molecular flexibility index (Phi) is 6.13. The topological polar surface area (TPSA) is 68.8 Å². The van der Waals surface area contributed by atoms with Crippen LogP contribution in [0.3, 0.4) is 0 Å². The Morgan fingerprint density at radius 3 is 2.62 bits per heavy atom. The first-order valence-corrected chi connectivity index (χ1v) is 11.4. The molecule has 1 amide bonds. The lowest BCUT2D eigenvalue weighted by Crippen LogP contribution is -2.73. The van der Waals surface area contributed by atoms with Crippen molar-refractivity contribution in [2.24, 2.45) is 17.8 Å². The van der Waals surface area contributed by atoms with E-state index in [2.05, 4.69) is 36.1 Å². The molecule has 3 aliphatic rings. The second-order valence-corrected chi connectivity index (χ2v) is 10.1. The fourth-order valence-corrected chi connectivity index (χ4v) is 6.64. The molecule has 32 heavy (non-hydrogen) atoms. The molecule has 6 atom stereocenters. The number of hydrogen-bond acceptors (Lipinski definition) is 5. The number of piperidine rings is 1. The predicted octanol–water partition coefficient (Wildman–Crippen LogP) is 4.05. The van der Waals surface area contributed by atoms with Gasteiger partial charge in [0.2, 0.25) is 5.91 Å². The highest BCUT2D eigenvalue weighted by molar-refractivity contribution is 5.74. The van der Waals surface area contributed by atoms with Gasteiger partial charge in [-0.05, 0) is 69.6 Å². The number of amides is 1. The summed E-state index contributed by atoms with van der Waals surface area (Å²) in [5, 5.41) is 7.15. The molecule has 0 unspecified atom stereocenters. The minimum absolute atomic E-state index is 0.00495. The molecule has 3 fully saturated rings. The van der Waals surface area contributed by atoms with Gasteiger partial charge in [0.25, 0.3) is 0 Å². The summed E-state index contributed by atoms with van der Waals surface area (Å²) in [7, 11) is 1.43. The summed E-state index contributed by atoms with van der Waals surface area (Å²) in [6.45, 7) is 5.85. The molecule has 2 saturated heterocycles. The largest absolute Gasteiger partial charge is 0.493 e. The maximum atomic E-state index is 12.8. The fourth-order valence-electron chi connectivity index (χ4n) is 6.64. The number of carbonyl (C=O) groups is 1. The van der Waals surface area contributed by atoms with Gasteiger partial charge in [-0.2, -0.15) is 8.78 Å². The summed E-state index contributed by atoms with van der Waals surface area (Å²) < 4.78 is 41.8. The van der Waals surface area contributed by atoms with Crippen molar-refractivity contribution in [2.45, 2.75) is 76.8 Å². The predicted molar refractivity (Wildman–Crippen MR) is 116 cm³/mol. The number of alkyl halides is 2. The molecule has 2 aliphatic heterocycles. The third-order valence-electron chi connectivity index (χ3n) is 7.94. The van der Waals surface area contributed by atoms with Crippen LogP contribution in [-0.2, 0) is 9.53 Å². The van der Waals surface area contributed by atoms with Crippen molar-refractivity contribution in [3.8, 4) is 11.5 Å². The molecule has 8 heteroatoms. The number of fused-ring (bicyclic) bond motifs is 4. The number of ether oxygens (including phenoxy) is 3. The Labute approximate surface area is 188 Å². The van der Waals surface area contributed by atoms with Crippen molar-refractivity contribution in [3.63, 3.8) is 0 Å². The Hall–Kier alpha value is -1.93. The summed E-state index contributed by atoms with van der Waals surface area (Å²) in [6, 6.07) is 5.25. The molecule has 2 N–H and O–H groups in total. The quantitative estimate of drug-likeness (QED) is 0.706. The lowest BCUT2D eigenvalue weighted by molar-refractivity contribution is -0.160. The maximum absolute atomic E-state index is 12.8. The molecule has 0 radical (unpaired) electrons. The molecule has 1 aliphatic carbocycles. The van der Waals surface area contributed by atoms with Gasteiger partial charge in [0.1, 0.15) is 0 Å². The standard InChI is InChI=1S/C24H34F2N2O4/c1-13-17-11-16(23(3,4)27-13)12-18-21(31-9-8-24(17,18)28-14(2)29)15-6-7-19(32-22(25)26)20(10-15)30-5/h6-7,10,13,16-18,21-22,27H,8-9,11-12H2,1-5H3,(H,28,29)/t13-,16+,17+,18+,21+,24+/m1/s1. The SMILES string of the molecule is COc1cc([C@@H]2OCC[C@]3(NC(C)=O)[C@H]4C[C@@H](C[C@@H]23)C(C)(C)N[C@@H]4C)ccc1OC(F)F. The lowest BCUT2D eigenvalue weighted by Gasteiger charge is -2.63. The maximum Gasteiger partial charge on any atom is 0.387 e. The van der Waals surface area contributed by atoms with Crippen LogP contribution < -0.4 is 20.1 Å². The van der Waals surface area contributed by atoms with E-state index in [-0.39, 0.29) is 52.5 Å². The molecule has 1 saturated carbocycles. The van der Waals surface area contributed by atoms with Crippen LogP contribution in [0.2, 0.25) is 0 Å².